The molecule has 1 unspecified atom stereocenters. The molecule has 16 heavy (non-hydrogen) atoms. The van der Waals surface area contributed by atoms with Crippen LogP contribution in [0.15, 0.2) is 0 Å². The molecule has 2 N–H and O–H groups in total. The Hall–Kier alpha value is -0.570. The third kappa shape index (κ3) is 6.11. The van der Waals surface area contributed by atoms with E-state index >= 15 is 0 Å². The van der Waals surface area contributed by atoms with Crippen molar-refractivity contribution in [1.82, 2.24) is 10.6 Å². The summed E-state index contributed by atoms with van der Waals surface area (Å²) in [6.45, 7) is 5.25. The summed E-state index contributed by atoms with van der Waals surface area (Å²) in [5.41, 5.74) is 0. The van der Waals surface area contributed by atoms with Crippen LogP contribution in [0.2, 0.25) is 0 Å². The van der Waals surface area contributed by atoms with Gasteiger partial charge in [-0.05, 0) is 31.8 Å². The second-order valence-corrected chi connectivity index (χ2v) is 4.83. The van der Waals surface area contributed by atoms with E-state index in [0.29, 0.717) is 12.3 Å². The van der Waals surface area contributed by atoms with E-state index in [2.05, 4.69) is 17.6 Å². The van der Waals surface area contributed by atoms with Crippen molar-refractivity contribution in [2.45, 2.75) is 51.9 Å². The Labute approximate surface area is 99.4 Å². The Morgan fingerprint density at radius 1 is 1.31 bits per heavy atom. The molecule has 1 aliphatic heterocycles. The standard InChI is InChI=1S/C13H26N2O/c1-2-3-4-5-6-7-13(16)15-11-12-8-9-14-10-12/h12,14H,2-11H2,1H3,(H,15,16). The number of nitrogens with one attached hydrogen (secondary N) is 2. The lowest BCUT2D eigenvalue weighted by Gasteiger charge is -2.09. The number of rotatable bonds is 8. The first kappa shape index (κ1) is 13.5. The maximum Gasteiger partial charge on any atom is 0.220 e. The Balaban J connectivity index is 1.90. The van der Waals surface area contributed by atoms with Crippen LogP contribution in [-0.2, 0) is 4.79 Å². The lowest BCUT2D eigenvalue weighted by molar-refractivity contribution is -0.121. The van der Waals surface area contributed by atoms with Gasteiger partial charge in [-0.15, -0.1) is 0 Å². The SMILES string of the molecule is CCCCCCCC(=O)NCC1CCNC1. The Kier molecular flexibility index (Phi) is 7.23. The van der Waals surface area contributed by atoms with E-state index in [-0.39, 0.29) is 5.91 Å². The number of hydrogen-bond donors (Lipinski definition) is 2. The van der Waals surface area contributed by atoms with Gasteiger partial charge in [-0.1, -0.05) is 32.6 Å². The molecule has 1 rings (SSSR count). The molecule has 0 aromatic carbocycles. The summed E-state index contributed by atoms with van der Waals surface area (Å²) in [7, 11) is 0. The molecule has 1 heterocycles. The molecule has 0 aliphatic carbocycles. The first-order valence-electron chi connectivity index (χ1n) is 6.80. The van der Waals surface area contributed by atoms with Gasteiger partial charge in [0.15, 0.2) is 0 Å². The number of amides is 1. The lowest BCUT2D eigenvalue weighted by Crippen LogP contribution is -2.29. The Morgan fingerprint density at radius 3 is 2.81 bits per heavy atom. The average molecular weight is 226 g/mol. The van der Waals surface area contributed by atoms with Gasteiger partial charge in [-0.2, -0.15) is 0 Å². The van der Waals surface area contributed by atoms with Crippen molar-refractivity contribution in [3.63, 3.8) is 0 Å². The van der Waals surface area contributed by atoms with Gasteiger partial charge in [-0.25, -0.2) is 0 Å². The summed E-state index contributed by atoms with van der Waals surface area (Å²) in [5.74, 6) is 0.896. The first-order chi connectivity index (χ1) is 7.83. The molecular formula is C13H26N2O. The largest absolute Gasteiger partial charge is 0.356 e. The van der Waals surface area contributed by atoms with Crippen LogP contribution in [0.3, 0.4) is 0 Å². The van der Waals surface area contributed by atoms with Gasteiger partial charge in [0.05, 0.1) is 0 Å². The van der Waals surface area contributed by atoms with Gasteiger partial charge in [0.25, 0.3) is 0 Å². The summed E-state index contributed by atoms with van der Waals surface area (Å²) in [4.78, 5) is 11.5. The zero-order chi connectivity index (χ0) is 11.6. The van der Waals surface area contributed by atoms with E-state index in [9.17, 15) is 4.79 Å². The van der Waals surface area contributed by atoms with E-state index in [1.165, 1.54) is 32.1 Å². The van der Waals surface area contributed by atoms with E-state index < -0.39 is 0 Å². The Bertz CT molecular complexity index is 188. The van der Waals surface area contributed by atoms with Crippen molar-refractivity contribution >= 4 is 5.91 Å². The smallest absolute Gasteiger partial charge is 0.220 e. The molecule has 3 heteroatoms. The van der Waals surface area contributed by atoms with E-state index in [1.54, 1.807) is 0 Å². The van der Waals surface area contributed by atoms with Gasteiger partial charge >= 0.3 is 0 Å². The number of carbonyl (C=O) groups excluding carboxylic acids is 1. The minimum atomic E-state index is 0.239. The van der Waals surface area contributed by atoms with Crippen molar-refractivity contribution in [1.29, 1.82) is 0 Å². The van der Waals surface area contributed by atoms with Gasteiger partial charge in [0.2, 0.25) is 5.91 Å². The fourth-order valence-electron chi connectivity index (χ4n) is 2.12. The molecule has 1 atom stereocenters. The van der Waals surface area contributed by atoms with Crippen LogP contribution in [0.4, 0.5) is 0 Å². The van der Waals surface area contributed by atoms with E-state index in [4.69, 9.17) is 0 Å². The molecule has 1 fully saturated rings. The predicted octanol–water partition coefficient (Wildman–Crippen LogP) is 2.07. The van der Waals surface area contributed by atoms with Gasteiger partial charge in [0.1, 0.15) is 0 Å². The van der Waals surface area contributed by atoms with Crippen LogP contribution in [-0.4, -0.2) is 25.5 Å². The van der Waals surface area contributed by atoms with Crippen molar-refractivity contribution in [3.05, 3.63) is 0 Å². The van der Waals surface area contributed by atoms with Crippen LogP contribution in [0.25, 0.3) is 0 Å². The topological polar surface area (TPSA) is 41.1 Å². The fourth-order valence-corrected chi connectivity index (χ4v) is 2.12. The molecule has 3 nitrogen and oxygen atoms in total. The molecule has 1 aliphatic rings. The third-order valence-corrected chi connectivity index (χ3v) is 3.26. The van der Waals surface area contributed by atoms with Crippen molar-refractivity contribution in [2.24, 2.45) is 5.92 Å². The van der Waals surface area contributed by atoms with Gasteiger partial charge in [0, 0.05) is 13.0 Å². The quantitative estimate of drug-likeness (QED) is 0.622. The number of hydrogen-bond acceptors (Lipinski definition) is 2. The molecule has 94 valence electrons. The fraction of sp³-hybridized carbons (Fsp3) is 0.923. The van der Waals surface area contributed by atoms with Crippen molar-refractivity contribution < 1.29 is 4.79 Å². The first-order valence-corrected chi connectivity index (χ1v) is 6.80. The highest BCUT2D eigenvalue weighted by Gasteiger charge is 2.14. The summed E-state index contributed by atoms with van der Waals surface area (Å²) in [6, 6.07) is 0. The normalized spacial score (nSPS) is 19.9. The average Bonchev–Trinajstić information content (AvgIpc) is 2.79. The van der Waals surface area contributed by atoms with E-state index in [0.717, 1.165) is 26.1 Å². The minimum absolute atomic E-state index is 0.239. The van der Waals surface area contributed by atoms with Gasteiger partial charge in [-0.3, -0.25) is 4.79 Å². The number of carbonyl (C=O) groups is 1. The predicted molar refractivity (Wildman–Crippen MR) is 67.4 cm³/mol. The van der Waals surface area contributed by atoms with Crippen molar-refractivity contribution in [3.8, 4) is 0 Å². The molecule has 0 radical (unpaired) electrons. The molecular weight excluding hydrogens is 200 g/mol. The molecule has 0 bridgehead atoms. The molecule has 0 aromatic rings. The van der Waals surface area contributed by atoms with E-state index in [1.807, 2.05) is 0 Å². The Morgan fingerprint density at radius 2 is 2.12 bits per heavy atom. The lowest BCUT2D eigenvalue weighted by atomic mass is 10.1. The maximum absolute atomic E-state index is 11.5. The number of unbranched alkanes of at least 4 members (excludes halogenated alkanes) is 4. The molecule has 0 spiro atoms. The summed E-state index contributed by atoms with van der Waals surface area (Å²) in [6.07, 6.45) is 8.01. The molecule has 1 saturated heterocycles. The zero-order valence-corrected chi connectivity index (χ0v) is 10.6. The van der Waals surface area contributed by atoms with Crippen LogP contribution in [0.1, 0.15) is 51.9 Å². The van der Waals surface area contributed by atoms with Crippen LogP contribution >= 0.6 is 0 Å². The molecule has 1 amide bonds. The minimum Gasteiger partial charge on any atom is -0.356 e. The monoisotopic (exact) mass is 226 g/mol. The maximum atomic E-state index is 11.5. The highest BCUT2D eigenvalue weighted by molar-refractivity contribution is 5.75. The second-order valence-electron chi connectivity index (χ2n) is 4.83. The third-order valence-electron chi connectivity index (χ3n) is 3.26. The van der Waals surface area contributed by atoms with Crippen LogP contribution < -0.4 is 10.6 Å². The molecule has 0 aromatic heterocycles. The van der Waals surface area contributed by atoms with Crippen molar-refractivity contribution in [2.75, 3.05) is 19.6 Å². The summed E-state index contributed by atoms with van der Waals surface area (Å²) < 4.78 is 0. The summed E-state index contributed by atoms with van der Waals surface area (Å²) >= 11 is 0. The summed E-state index contributed by atoms with van der Waals surface area (Å²) in [5, 5.41) is 6.35. The zero-order valence-electron chi connectivity index (χ0n) is 10.6. The highest BCUT2D eigenvalue weighted by Crippen LogP contribution is 2.07. The van der Waals surface area contributed by atoms with Crippen LogP contribution in [0, 0.1) is 5.92 Å². The highest BCUT2D eigenvalue weighted by atomic mass is 16.1. The van der Waals surface area contributed by atoms with Gasteiger partial charge < -0.3 is 10.6 Å². The van der Waals surface area contributed by atoms with Crippen LogP contribution in [0.5, 0.6) is 0 Å². The molecule has 0 saturated carbocycles. The second kappa shape index (κ2) is 8.57.